The van der Waals surface area contributed by atoms with Gasteiger partial charge < -0.3 is 19.9 Å². The SMILES string of the molecule is CC(C)(C)C(=O)Nc1cc(C#N)ccc1COC(=O)N1C[C@@H]2CN(C(=O)c3ccc(S(N)(=O)=O)cc3)C[C@H]2C1. The van der Waals surface area contributed by atoms with Crippen molar-refractivity contribution in [1.82, 2.24) is 9.80 Å². The van der Waals surface area contributed by atoms with E-state index >= 15 is 0 Å². The summed E-state index contributed by atoms with van der Waals surface area (Å²) in [6.07, 6.45) is -0.488. The molecule has 0 unspecified atom stereocenters. The fraction of sp³-hybridized carbons (Fsp3) is 0.407. The number of nitrogens with zero attached hydrogens (tertiary/aromatic N) is 3. The maximum Gasteiger partial charge on any atom is 0.410 e. The van der Waals surface area contributed by atoms with Gasteiger partial charge in [0.25, 0.3) is 5.91 Å². The van der Waals surface area contributed by atoms with Crippen LogP contribution in [-0.2, 0) is 26.2 Å². The van der Waals surface area contributed by atoms with Crippen molar-refractivity contribution in [3.8, 4) is 6.07 Å². The highest BCUT2D eigenvalue weighted by molar-refractivity contribution is 7.89. The van der Waals surface area contributed by atoms with Crippen molar-refractivity contribution in [3.63, 3.8) is 0 Å². The Labute approximate surface area is 227 Å². The van der Waals surface area contributed by atoms with Gasteiger partial charge in [0, 0.05) is 60.2 Å². The molecule has 2 aliphatic rings. The second-order valence-electron chi connectivity index (χ2n) is 10.9. The summed E-state index contributed by atoms with van der Waals surface area (Å²) in [7, 11) is -3.84. The summed E-state index contributed by atoms with van der Waals surface area (Å²) in [6.45, 7) is 7.09. The molecule has 2 aromatic carbocycles. The van der Waals surface area contributed by atoms with E-state index in [0.717, 1.165) is 0 Å². The van der Waals surface area contributed by atoms with E-state index < -0.39 is 21.5 Å². The Balaban J connectivity index is 1.33. The van der Waals surface area contributed by atoms with Gasteiger partial charge >= 0.3 is 6.09 Å². The van der Waals surface area contributed by atoms with Crippen LogP contribution in [0.2, 0.25) is 0 Å². The molecule has 206 valence electrons. The van der Waals surface area contributed by atoms with Gasteiger partial charge in [-0.25, -0.2) is 18.4 Å². The number of anilines is 1. The minimum Gasteiger partial charge on any atom is -0.444 e. The number of hydrogen-bond donors (Lipinski definition) is 2. The van der Waals surface area contributed by atoms with Gasteiger partial charge in [0.1, 0.15) is 6.61 Å². The molecule has 2 atom stereocenters. The Morgan fingerprint density at radius 1 is 1.03 bits per heavy atom. The summed E-state index contributed by atoms with van der Waals surface area (Å²) in [5.41, 5.74) is 1.10. The minimum atomic E-state index is -3.84. The lowest BCUT2D eigenvalue weighted by atomic mass is 9.95. The molecule has 0 saturated carbocycles. The third kappa shape index (κ3) is 6.38. The predicted molar refractivity (Wildman–Crippen MR) is 142 cm³/mol. The van der Waals surface area contributed by atoms with Crippen molar-refractivity contribution < 1.29 is 27.5 Å². The number of amides is 3. The van der Waals surface area contributed by atoms with Crippen LogP contribution < -0.4 is 10.5 Å². The van der Waals surface area contributed by atoms with Gasteiger partial charge in [-0.15, -0.1) is 0 Å². The molecule has 0 aliphatic carbocycles. The lowest BCUT2D eigenvalue weighted by Gasteiger charge is -2.22. The molecule has 3 N–H and O–H groups in total. The van der Waals surface area contributed by atoms with E-state index in [9.17, 15) is 28.1 Å². The van der Waals surface area contributed by atoms with Crippen molar-refractivity contribution >= 4 is 33.6 Å². The maximum atomic E-state index is 12.9. The third-order valence-corrected chi connectivity index (χ3v) is 7.91. The summed E-state index contributed by atoms with van der Waals surface area (Å²) in [5, 5.41) is 17.2. The van der Waals surface area contributed by atoms with Crippen LogP contribution >= 0.6 is 0 Å². The summed E-state index contributed by atoms with van der Waals surface area (Å²) in [6, 6.07) is 12.4. The quantitative estimate of drug-likeness (QED) is 0.575. The van der Waals surface area contributed by atoms with E-state index in [1.807, 2.05) is 6.07 Å². The molecule has 11 nitrogen and oxygen atoms in total. The molecule has 2 fully saturated rings. The van der Waals surface area contributed by atoms with Gasteiger partial charge in [0.15, 0.2) is 0 Å². The number of benzene rings is 2. The van der Waals surface area contributed by atoms with Gasteiger partial charge in [-0.05, 0) is 36.4 Å². The van der Waals surface area contributed by atoms with E-state index in [0.29, 0.717) is 48.6 Å². The van der Waals surface area contributed by atoms with Gasteiger partial charge in [-0.2, -0.15) is 5.26 Å². The molecule has 2 aliphatic heterocycles. The van der Waals surface area contributed by atoms with Crippen molar-refractivity contribution in [2.24, 2.45) is 22.4 Å². The lowest BCUT2D eigenvalue weighted by molar-refractivity contribution is -0.123. The Kier molecular flexibility index (Phi) is 7.68. The first kappa shape index (κ1) is 28.1. The molecule has 2 aromatic rings. The van der Waals surface area contributed by atoms with Crippen molar-refractivity contribution in [3.05, 3.63) is 59.2 Å². The van der Waals surface area contributed by atoms with Crippen LogP contribution in [0.3, 0.4) is 0 Å². The van der Waals surface area contributed by atoms with Crippen LogP contribution in [0, 0.1) is 28.6 Å². The number of likely N-dealkylation sites (tertiary alicyclic amines) is 2. The zero-order valence-corrected chi connectivity index (χ0v) is 22.8. The van der Waals surface area contributed by atoms with Gasteiger partial charge in [0.2, 0.25) is 15.9 Å². The number of rotatable bonds is 5. The highest BCUT2D eigenvalue weighted by Crippen LogP contribution is 2.32. The molecule has 4 rings (SSSR count). The van der Waals surface area contributed by atoms with E-state index in [2.05, 4.69) is 5.32 Å². The largest absolute Gasteiger partial charge is 0.444 e. The molecule has 0 spiro atoms. The van der Waals surface area contributed by atoms with E-state index in [4.69, 9.17) is 9.88 Å². The Morgan fingerprint density at radius 2 is 1.62 bits per heavy atom. The second-order valence-corrected chi connectivity index (χ2v) is 12.5. The number of primary sulfonamides is 1. The number of nitrogens with one attached hydrogen (secondary N) is 1. The van der Waals surface area contributed by atoms with E-state index in [1.165, 1.54) is 24.3 Å². The highest BCUT2D eigenvalue weighted by atomic mass is 32.2. The zero-order valence-electron chi connectivity index (χ0n) is 22.0. The number of nitrogens with two attached hydrogens (primary N) is 1. The molecular weight excluding hydrogens is 522 g/mol. The standard InChI is InChI=1S/C27H31N5O6S/c1-27(2,3)25(34)30-23-10-17(11-28)4-5-19(23)16-38-26(35)32-14-20-12-31(13-21(20)15-32)24(33)18-6-8-22(9-7-18)39(29,36)37/h4-10,20-21H,12-16H2,1-3H3,(H,30,34)(H2,29,36,37)/t20-,21-/m0/s1. The smallest absolute Gasteiger partial charge is 0.410 e. The summed E-state index contributed by atoms with van der Waals surface area (Å²) in [5.74, 6) is -0.231. The average Bonchev–Trinajstić information content (AvgIpc) is 3.46. The fourth-order valence-electron chi connectivity index (χ4n) is 4.71. The molecule has 2 heterocycles. The number of hydrogen-bond acceptors (Lipinski definition) is 7. The van der Waals surface area contributed by atoms with Gasteiger partial charge in [-0.3, -0.25) is 9.59 Å². The molecule has 12 heteroatoms. The number of carbonyl (C=O) groups is 3. The van der Waals surface area contributed by atoms with E-state index in [1.54, 1.807) is 48.8 Å². The van der Waals surface area contributed by atoms with Crippen LogP contribution in [0.25, 0.3) is 0 Å². The number of carbonyl (C=O) groups excluding carboxylic acids is 3. The first-order valence-electron chi connectivity index (χ1n) is 12.4. The molecule has 0 aromatic heterocycles. The first-order chi connectivity index (χ1) is 18.3. The predicted octanol–water partition coefficient (Wildman–Crippen LogP) is 2.53. The van der Waals surface area contributed by atoms with Crippen LogP contribution in [0.15, 0.2) is 47.4 Å². The van der Waals surface area contributed by atoms with Crippen LogP contribution in [-0.4, -0.2) is 62.3 Å². The number of sulfonamides is 1. The maximum absolute atomic E-state index is 12.9. The number of nitriles is 1. The van der Waals surface area contributed by atoms with Gasteiger partial charge in [0.05, 0.1) is 16.5 Å². The van der Waals surface area contributed by atoms with Crippen molar-refractivity contribution in [2.75, 3.05) is 31.5 Å². The normalized spacial score (nSPS) is 18.8. The second kappa shape index (κ2) is 10.7. The fourth-order valence-corrected chi connectivity index (χ4v) is 5.22. The molecule has 3 amide bonds. The summed E-state index contributed by atoms with van der Waals surface area (Å²) < 4.78 is 28.5. The van der Waals surface area contributed by atoms with Crippen molar-refractivity contribution in [2.45, 2.75) is 32.3 Å². The van der Waals surface area contributed by atoms with Gasteiger partial charge in [-0.1, -0.05) is 26.8 Å². The zero-order chi connectivity index (χ0) is 28.5. The topological polar surface area (TPSA) is 163 Å². The first-order valence-corrected chi connectivity index (χ1v) is 14.0. The monoisotopic (exact) mass is 553 g/mol. The molecule has 39 heavy (non-hydrogen) atoms. The van der Waals surface area contributed by atoms with Crippen molar-refractivity contribution in [1.29, 1.82) is 5.26 Å². The Bertz CT molecular complexity index is 1430. The molecular formula is C27H31N5O6S. The molecule has 0 bridgehead atoms. The third-order valence-electron chi connectivity index (χ3n) is 6.98. The summed E-state index contributed by atoms with van der Waals surface area (Å²) >= 11 is 0. The Morgan fingerprint density at radius 3 is 2.15 bits per heavy atom. The number of fused-ring (bicyclic) bond motifs is 1. The molecule has 2 saturated heterocycles. The Hall–Kier alpha value is -3.95. The average molecular weight is 554 g/mol. The summed E-state index contributed by atoms with van der Waals surface area (Å²) in [4.78, 5) is 41.5. The number of ether oxygens (including phenoxy) is 1. The van der Waals surface area contributed by atoms with E-state index in [-0.39, 0.29) is 35.2 Å². The minimum absolute atomic E-state index is 0.0591. The van der Waals surface area contributed by atoms with Crippen LogP contribution in [0.4, 0.5) is 10.5 Å². The lowest BCUT2D eigenvalue weighted by Crippen LogP contribution is -2.36. The van der Waals surface area contributed by atoms with Crippen LogP contribution in [0.1, 0.15) is 42.3 Å². The van der Waals surface area contributed by atoms with Crippen LogP contribution in [0.5, 0.6) is 0 Å². The highest BCUT2D eigenvalue weighted by Gasteiger charge is 2.43. The molecule has 0 radical (unpaired) electrons.